The van der Waals surface area contributed by atoms with E-state index in [2.05, 4.69) is 4.74 Å². The van der Waals surface area contributed by atoms with Gasteiger partial charge in [0.2, 0.25) is 0 Å². The number of hydrogen-bond acceptors (Lipinski definition) is 5. The SMILES string of the molecule is CCOc1cccc(OC(=O)OC)c1COc1ccc(C)cc1C(F)(F)F. The van der Waals surface area contributed by atoms with E-state index in [4.69, 9.17) is 14.2 Å². The van der Waals surface area contributed by atoms with E-state index in [1.165, 1.54) is 18.2 Å². The van der Waals surface area contributed by atoms with Crippen molar-refractivity contribution in [2.24, 2.45) is 0 Å². The Labute approximate surface area is 154 Å². The van der Waals surface area contributed by atoms with Crippen LogP contribution in [0.3, 0.4) is 0 Å². The molecule has 0 aliphatic heterocycles. The summed E-state index contributed by atoms with van der Waals surface area (Å²) in [4.78, 5) is 11.4. The highest BCUT2D eigenvalue weighted by Crippen LogP contribution is 2.38. The van der Waals surface area contributed by atoms with Crippen LogP contribution in [-0.4, -0.2) is 19.9 Å². The minimum Gasteiger partial charge on any atom is -0.493 e. The smallest absolute Gasteiger partial charge is 0.493 e. The van der Waals surface area contributed by atoms with Crippen LogP contribution in [0.2, 0.25) is 0 Å². The molecule has 0 radical (unpaired) electrons. The molecule has 0 unspecified atom stereocenters. The van der Waals surface area contributed by atoms with Gasteiger partial charge in [-0.25, -0.2) is 4.79 Å². The third-order valence-electron chi connectivity index (χ3n) is 3.56. The largest absolute Gasteiger partial charge is 0.513 e. The van der Waals surface area contributed by atoms with Crippen molar-refractivity contribution < 1.29 is 36.9 Å². The van der Waals surface area contributed by atoms with Crippen molar-refractivity contribution in [1.82, 2.24) is 0 Å². The summed E-state index contributed by atoms with van der Waals surface area (Å²) >= 11 is 0. The summed E-state index contributed by atoms with van der Waals surface area (Å²) in [7, 11) is 1.15. The van der Waals surface area contributed by atoms with E-state index in [1.54, 1.807) is 26.0 Å². The summed E-state index contributed by atoms with van der Waals surface area (Å²) in [6.07, 6.45) is -5.53. The summed E-state index contributed by atoms with van der Waals surface area (Å²) < 4.78 is 60.2. The molecule has 0 spiro atoms. The van der Waals surface area contributed by atoms with Crippen LogP contribution in [0.15, 0.2) is 36.4 Å². The number of halogens is 3. The highest BCUT2D eigenvalue weighted by molar-refractivity contribution is 5.65. The number of carbonyl (C=O) groups excluding carboxylic acids is 1. The molecular weight excluding hydrogens is 365 g/mol. The average Bonchev–Trinajstić information content (AvgIpc) is 2.61. The summed E-state index contributed by atoms with van der Waals surface area (Å²) in [6.45, 7) is 3.33. The van der Waals surface area contributed by atoms with Crippen molar-refractivity contribution in [1.29, 1.82) is 0 Å². The second kappa shape index (κ2) is 8.66. The molecule has 2 aromatic carbocycles. The Balaban J connectivity index is 2.36. The number of methoxy groups -OCH3 is 1. The normalized spacial score (nSPS) is 11.0. The Bertz CT molecular complexity index is 802. The van der Waals surface area contributed by atoms with Crippen molar-refractivity contribution in [2.45, 2.75) is 26.6 Å². The molecule has 146 valence electrons. The quantitative estimate of drug-likeness (QED) is 0.510. The zero-order chi connectivity index (χ0) is 20.0. The Morgan fingerprint density at radius 1 is 1.04 bits per heavy atom. The average molecular weight is 384 g/mol. The Kier molecular flexibility index (Phi) is 6.55. The molecule has 0 amide bonds. The maximum absolute atomic E-state index is 13.3. The lowest BCUT2D eigenvalue weighted by Gasteiger charge is -2.17. The van der Waals surface area contributed by atoms with Gasteiger partial charge in [0.05, 0.1) is 24.8 Å². The van der Waals surface area contributed by atoms with Crippen LogP contribution in [0.5, 0.6) is 17.2 Å². The number of carbonyl (C=O) groups is 1. The fourth-order valence-electron chi connectivity index (χ4n) is 2.35. The third-order valence-corrected chi connectivity index (χ3v) is 3.56. The summed E-state index contributed by atoms with van der Waals surface area (Å²) in [5.41, 5.74) is -0.135. The Morgan fingerprint density at radius 3 is 2.37 bits per heavy atom. The predicted molar refractivity (Wildman–Crippen MR) is 91.2 cm³/mol. The number of alkyl halides is 3. The summed E-state index contributed by atoms with van der Waals surface area (Å²) in [6, 6.07) is 8.44. The maximum Gasteiger partial charge on any atom is 0.513 e. The van der Waals surface area contributed by atoms with E-state index < -0.39 is 17.9 Å². The van der Waals surface area contributed by atoms with Gasteiger partial charge in [-0.3, -0.25) is 0 Å². The van der Waals surface area contributed by atoms with Gasteiger partial charge in [-0.15, -0.1) is 0 Å². The highest BCUT2D eigenvalue weighted by Gasteiger charge is 2.34. The molecule has 0 heterocycles. The molecule has 0 aliphatic rings. The van der Waals surface area contributed by atoms with Crippen molar-refractivity contribution in [3.63, 3.8) is 0 Å². The van der Waals surface area contributed by atoms with Crippen molar-refractivity contribution in [2.75, 3.05) is 13.7 Å². The van der Waals surface area contributed by atoms with Gasteiger partial charge in [0.25, 0.3) is 0 Å². The monoisotopic (exact) mass is 384 g/mol. The van der Waals surface area contributed by atoms with Gasteiger partial charge in [-0.2, -0.15) is 13.2 Å². The number of hydrogen-bond donors (Lipinski definition) is 0. The van der Waals surface area contributed by atoms with Crippen molar-refractivity contribution >= 4 is 6.16 Å². The van der Waals surface area contributed by atoms with Crippen molar-refractivity contribution in [3.05, 3.63) is 53.1 Å². The van der Waals surface area contributed by atoms with Crippen LogP contribution in [0.1, 0.15) is 23.6 Å². The van der Waals surface area contributed by atoms with E-state index in [0.29, 0.717) is 23.5 Å². The molecule has 0 fully saturated rings. The van der Waals surface area contributed by atoms with Gasteiger partial charge in [0.15, 0.2) is 0 Å². The first kappa shape index (κ1) is 20.4. The fourth-order valence-corrected chi connectivity index (χ4v) is 2.35. The number of aryl methyl sites for hydroxylation is 1. The van der Waals surface area contributed by atoms with Crippen LogP contribution in [-0.2, 0) is 17.5 Å². The standard InChI is InChI=1S/C19H19F3O5/c1-4-25-15-6-5-7-16(27-18(23)24-3)13(15)11-26-17-9-8-12(2)10-14(17)19(20,21)22/h5-10H,4,11H2,1-3H3. The Morgan fingerprint density at radius 2 is 1.74 bits per heavy atom. The lowest BCUT2D eigenvalue weighted by molar-refractivity contribution is -0.139. The van der Waals surface area contributed by atoms with Crippen molar-refractivity contribution in [3.8, 4) is 17.2 Å². The molecule has 0 aliphatic carbocycles. The molecule has 5 nitrogen and oxygen atoms in total. The second-order valence-corrected chi connectivity index (χ2v) is 5.51. The van der Waals surface area contributed by atoms with E-state index in [1.807, 2.05) is 0 Å². The molecule has 0 saturated carbocycles. The number of ether oxygens (including phenoxy) is 4. The van der Waals surface area contributed by atoms with Gasteiger partial charge >= 0.3 is 12.3 Å². The fraction of sp³-hybridized carbons (Fsp3) is 0.316. The first-order valence-corrected chi connectivity index (χ1v) is 8.07. The molecule has 2 aromatic rings. The van der Waals surface area contributed by atoms with Gasteiger partial charge in [-0.1, -0.05) is 17.7 Å². The summed E-state index contributed by atoms with van der Waals surface area (Å²) in [5, 5.41) is 0. The van der Waals surface area contributed by atoms with E-state index >= 15 is 0 Å². The number of benzene rings is 2. The van der Waals surface area contributed by atoms with Gasteiger partial charge in [0.1, 0.15) is 23.9 Å². The second-order valence-electron chi connectivity index (χ2n) is 5.51. The Hall–Kier alpha value is -2.90. The molecule has 27 heavy (non-hydrogen) atoms. The zero-order valence-corrected chi connectivity index (χ0v) is 15.1. The first-order chi connectivity index (χ1) is 12.8. The minimum atomic E-state index is -4.56. The molecule has 2 rings (SSSR count). The van der Waals surface area contributed by atoms with Crippen LogP contribution in [0.4, 0.5) is 18.0 Å². The predicted octanol–water partition coefficient (Wildman–Crippen LogP) is 5.14. The lowest BCUT2D eigenvalue weighted by Crippen LogP contribution is -2.12. The summed E-state index contributed by atoms with van der Waals surface area (Å²) in [5.74, 6) is 0.0801. The van der Waals surface area contributed by atoms with Crippen LogP contribution < -0.4 is 14.2 Å². The van der Waals surface area contributed by atoms with Gasteiger partial charge < -0.3 is 18.9 Å². The van der Waals surface area contributed by atoms with E-state index in [0.717, 1.165) is 13.2 Å². The van der Waals surface area contributed by atoms with Crippen LogP contribution >= 0.6 is 0 Å². The highest BCUT2D eigenvalue weighted by atomic mass is 19.4. The van der Waals surface area contributed by atoms with Gasteiger partial charge in [-0.05, 0) is 38.1 Å². The van der Waals surface area contributed by atoms with E-state index in [-0.39, 0.29) is 18.1 Å². The molecule has 0 saturated heterocycles. The lowest BCUT2D eigenvalue weighted by atomic mass is 10.1. The minimum absolute atomic E-state index is 0.0773. The molecule has 0 N–H and O–H groups in total. The molecule has 0 bridgehead atoms. The van der Waals surface area contributed by atoms with Crippen LogP contribution in [0, 0.1) is 6.92 Å². The van der Waals surface area contributed by atoms with E-state index in [9.17, 15) is 18.0 Å². The zero-order valence-electron chi connectivity index (χ0n) is 15.1. The van der Waals surface area contributed by atoms with Gasteiger partial charge in [0, 0.05) is 0 Å². The molecule has 0 atom stereocenters. The molecular formula is C19H19F3O5. The molecule has 0 aromatic heterocycles. The van der Waals surface area contributed by atoms with Crippen LogP contribution in [0.25, 0.3) is 0 Å². The maximum atomic E-state index is 13.3. The third kappa shape index (κ3) is 5.29. The number of rotatable bonds is 6. The first-order valence-electron chi connectivity index (χ1n) is 8.07. The topological polar surface area (TPSA) is 54.0 Å². The molecule has 8 heteroatoms.